The van der Waals surface area contributed by atoms with Gasteiger partial charge < -0.3 is 10.6 Å². The van der Waals surface area contributed by atoms with Gasteiger partial charge in [0.15, 0.2) is 0 Å². The molecular weight excluding hydrogens is 244 g/mol. The Morgan fingerprint density at radius 1 is 0.889 bits per heavy atom. The van der Waals surface area contributed by atoms with Crippen molar-refractivity contribution in [1.82, 2.24) is 0 Å². The summed E-state index contributed by atoms with van der Waals surface area (Å²) >= 11 is 6.07. The molecule has 18 heavy (non-hydrogen) atoms. The van der Waals surface area contributed by atoms with Gasteiger partial charge in [0.25, 0.3) is 0 Å². The van der Waals surface area contributed by atoms with Crippen molar-refractivity contribution in [2.24, 2.45) is 0 Å². The maximum absolute atomic E-state index is 6.07. The Bertz CT molecular complexity index is 497. The van der Waals surface area contributed by atoms with Crippen LogP contribution in [0.25, 0.3) is 0 Å². The van der Waals surface area contributed by atoms with Crippen LogP contribution >= 0.6 is 11.6 Å². The summed E-state index contributed by atoms with van der Waals surface area (Å²) in [5.74, 6) is 0. The summed E-state index contributed by atoms with van der Waals surface area (Å²) in [4.78, 5) is 0. The van der Waals surface area contributed by atoms with Crippen LogP contribution in [0.1, 0.15) is 5.56 Å². The highest BCUT2D eigenvalue weighted by atomic mass is 35.5. The molecular formula is C15H17ClN2. The Labute approximate surface area is 113 Å². The van der Waals surface area contributed by atoms with Crippen LogP contribution in [0, 0.1) is 6.92 Å². The van der Waals surface area contributed by atoms with Gasteiger partial charge in [-0.25, -0.2) is 0 Å². The van der Waals surface area contributed by atoms with Gasteiger partial charge >= 0.3 is 0 Å². The van der Waals surface area contributed by atoms with Crippen LogP contribution in [-0.4, -0.2) is 13.1 Å². The van der Waals surface area contributed by atoms with E-state index in [1.54, 1.807) is 0 Å². The molecule has 0 unspecified atom stereocenters. The summed E-state index contributed by atoms with van der Waals surface area (Å²) in [6, 6.07) is 16.1. The van der Waals surface area contributed by atoms with Gasteiger partial charge in [0.1, 0.15) is 0 Å². The Kier molecular flexibility index (Phi) is 4.48. The van der Waals surface area contributed by atoms with Crippen molar-refractivity contribution in [3.63, 3.8) is 0 Å². The molecule has 0 atom stereocenters. The smallest absolute Gasteiger partial charge is 0.0455 e. The van der Waals surface area contributed by atoms with Crippen LogP contribution in [-0.2, 0) is 0 Å². The lowest BCUT2D eigenvalue weighted by atomic mass is 10.2. The minimum Gasteiger partial charge on any atom is -0.383 e. The van der Waals surface area contributed by atoms with E-state index in [1.165, 1.54) is 0 Å². The third-order valence-electron chi connectivity index (χ3n) is 2.81. The molecule has 94 valence electrons. The van der Waals surface area contributed by atoms with Crippen molar-refractivity contribution in [3.8, 4) is 0 Å². The van der Waals surface area contributed by atoms with Crippen molar-refractivity contribution in [2.75, 3.05) is 23.7 Å². The molecule has 0 amide bonds. The molecule has 2 nitrogen and oxygen atoms in total. The van der Waals surface area contributed by atoms with Gasteiger partial charge in [-0.3, -0.25) is 0 Å². The number of para-hydroxylation sites is 1. The average molecular weight is 261 g/mol. The van der Waals surface area contributed by atoms with Crippen molar-refractivity contribution in [3.05, 3.63) is 59.1 Å². The van der Waals surface area contributed by atoms with Gasteiger partial charge in [-0.15, -0.1) is 0 Å². The summed E-state index contributed by atoms with van der Waals surface area (Å²) < 4.78 is 0. The van der Waals surface area contributed by atoms with Crippen LogP contribution in [0.3, 0.4) is 0 Å². The molecule has 0 aliphatic heterocycles. The number of anilines is 2. The van der Waals surface area contributed by atoms with Crippen LogP contribution in [0.15, 0.2) is 48.5 Å². The normalized spacial score (nSPS) is 10.1. The maximum atomic E-state index is 6.07. The van der Waals surface area contributed by atoms with Crippen molar-refractivity contribution in [2.45, 2.75) is 6.92 Å². The molecule has 3 heteroatoms. The Morgan fingerprint density at radius 3 is 2.39 bits per heavy atom. The Hall–Kier alpha value is -1.67. The zero-order chi connectivity index (χ0) is 12.8. The first-order valence-electron chi connectivity index (χ1n) is 6.05. The molecule has 0 aliphatic carbocycles. The Balaban J connectivity index is 1.81. The van der Waals surface area contributed by atoms with E-state index in [0.717, 1.165) is 35.1 Å². The Morgan fingerprint density at radius 2 is 1.61 bits per heavy atom. The minimum absolute atomic E-state index is 0.802. The summed E-state index contributed by atoms with van der Waals surface area (Å²) in [5, 5.41) is 7.53. The SMILES string of the molecule is Cc1c(Cl)cccc1NCCNc1ccccc1. The fourth-order valence-electron chi connectivity index (χ4n) is 1.76. The van der Waals surface area contributed by atoms with Crippen LogP contribution < -0.4 is 10.6 Å². The first kappa shape index (κ1) is 12.8. The second-order valence-electron chi connectivity index (χ2n) is 4.13. The number of halogens is 1. The van der Waals surface area contributed by atoms with E-state index in [9.17, 15) is 0 Å². The third-order valence-corrected chi connectivity index (χ3v) is 3.22. The number of hydrogen-bond donors (Lipinski definition) is 2. The van der Waals surface area contributed by atoms with Gasteiger partial charge in [-0.2, -0.15) is 0 Å². The average Bonchev–Trinajstić information content (AvgIpc) is 2.40. The number of benzene rings is 2. The molecule has 0 saturated heterocycles. The summed E-state index contributed by atoms with van der Waals surface area (Å²) in [7, 11) is 0. The summed E-state index contributed by atoms with van der Waals surface area (Å²) in [6.45, 7) is 3.75. The highest BCUT2D eigenvalue weighted by molar-refractivity contribution is 6.31. The zero-order valence-corrected chi connectivity index (χ0v) is 11.2. The largest absolute Gasteiger partial charge is 0.383 e. The summed E-state index contributed by atoms with van der Waals surface area (Å²) in [5.41, 5.74) is 3.33. The predicted molar refractivity (Wildman–Crippen MR) is 79.6 cm³/mol. The van der Waals surface area contributed by atoms with E-state index >= 15 is 0 Å². The minimum atomic E-state index is 0.802. The summed E-state index contributed by atoms with van der Waals surface area (Å²) in [6.07, 6.45) is 0. The fourth-order valence-corrected chi connectivity index (χ4v) is 1.93. The molecule has 2 aromatic carbocycles. The molecule has 0 aliphatic rings. The second-order valence-corrected chi connectivity index (χ2v) is 4.54. The van der Waals surface area contributed by atoms with Crippen molar-refractivity contribution < 1.29 is 0 Å². The highest BCUT2D eigenvalue weighted by Crippen LogP contribution is 2.22. The molecule has 0 heterocycles. The number of rotatable bonds is 5. The lowest BCUT2D eigenvalue weighted by molar-refractivity contribution is 1.07. The number of hydrogen-bond acceptors (Lipinski definition) is 2. The van der Waals surface area contributed by atoms with E-state index in [1.807, 2.05) is 43.3 Å². The van der Waals surface area contributed by atoms with Gasteiger partial charge in [-0.1, -0.05) is 35.9 Å². The lowest BCUT2D eigenvalue weighted by Gasteiger charge is -2.11. The molecule has 0 spiro atoms. The van der Waals surface area contributed by atoms with E-state index < -0.39 is 0 Å². The standard InChI is InChI=1S/C15H17ClN2/c1-12-14(16)8-5-9-15(12)18-11-10-17-13-6-3-2-4-7-13/h2-9,17-18H,10-11H2,1H3. The van der Waals surface area contributed by atoms with Gasteiger partial charge in [0.2, 0.25) is 0 Å². The molecule has 2 aromatic rings. The van der Waals surface area contributed by atoms with Crippen LogP contribution in [0.5, 0.6) is 0 Å². The molecule has 0 aromatic heterocycles. The van der Waals surface area contributed by atoms with E-state index in [0.29, 0.717) is 0 Å². The van der Waals surface area contributed by atoms with Crippen molar-refractivity contribution >= 4 is 23.0 Å². The molecule has 0 saturated carbocycles. The first-order chi connectivity index (χ1) is 8.77. The van der Waals surface area contributed by atoms with Crippen LogP contribution in [0.2, 0.25) is 5.02 Å². The van der Waals surface area contributed by atoms with Gasteiger partial charge in [0, 0.05) is 29.5 Å². The molecule has 0 radical (unpaired) electrons. The van der Waals surface area contributed by atoms with E-state index in [-0.39, 0.29) is 0 Å². The van der Waals surface area contributed by atoms with Crippen LogP contribution in [0.4, 0.5) is 11.4 Å². The quantitative estimate of drug-likeness (QED) is 0.789. The monoisotopic (exact) mass is 260 g/mol. The fraction of sp³-hybridized carbons (Fsp3) is 0.200. The van der Waals surface area contributed by atoms with E-state index in [2.05, 4.69) is 22.8 Å². The molecule has 0 fully saturated rings. The molecule has 0 bridgehead atoms. The topological polar surface area (TPSA) is 24.1 Å². The van der Waals surface area contributed by atoms with Crippen molar-refractivity contribution in [1.29, 1.82) is 0 Å². The van der Waals surface area contributed by atoms with Gasteiger partial charge in [0.05, 0.1) is 0 Å². The zero-order valence-electron chi connectivity index (χ0n) is 10.4. The lowest BCUT2D eigenvalue weighted by Crippen LogP contribution is -2.14. The predicted octanol–water partition coefficient (Wildman–Crippen LogP) is 4.17. The first-order valence-corrected chi connectivity index (χ1v) is 6.43. The number of nitrogens with one attached hydrogen (secondary N) is 2. The second kappa shape index (κ2) is 6.31. The van der Waals surface area contributed by atoms with Gasteiger partial charge in [-0.05, 0) is 36.8 Å². The van der Waals surface area contributed by atoms with E-state index in [4.69, 9.17) is 11.6 Å². The molecule has 2 rings (SSSR count). The highest BCUT2D eigenvalue weighted by Gasteiger charge is 2.00. The molecule has 2 N–H and O–H groups in total. The maximum Gasteiger partial charge on any atom is 0.0455 e. The third kappa shape index (κ3) is 3.41.